The average molecular weight is 219 g/mol. The lowest BCUT2D eigenvalue weighted by Gasteiger charge is -2.08. The third kappa shape index (κ3) is 2.99. The minimum atomic E-state index is -0.0269. The van der Waals surface area contributed by atoms with Gasteiger partial charge in [-0.25, -0.2) is 0 Å². The van der Waals surface area contributed by atoms with Crippen LogP contribution < -0.4 is 5.32 Å². The van der Waals surface area contributed by atoms with E-state index in [2.05, 4.69) is 5.32 Å². The highest BCUT2D eigenvalue weighted by molar-refractivity contribution is 5.91. The molecule has 0 radical (unpaired) electrons. The van der Waals surface area contributed by atoms with Gasteiger partial charge in [0.05, 0.1) is 0 Å². The molecule has 1 amide bonds. The van der Waals surface area contributed by atoms with Crippen LogP contribution in [-0.2, 0) is 4.79 Å². The Hall–Kier alpha value is -1.51. The summed E-state index contributed by atoms with van der Waals surface area (Å²) in [7, 11) is 0. The summed E-state index contributed by atoms with van der Waals surface area (Å²) in [5.74, 6) is 1.55. The van der Waals surface area contributed by atoms with E-state index in [-0.39, 0.29) is 5.91 Å². The molecule has 0 unspecified atom stereocenters. The molecule has 1 aliphatic rings. The Bertz CT molecular complexity index is 386. The summed E-state index contributed by atoms with van der Waals surface area (Å²) in [6, 6.07) is 4.11. The molecular weight excluding hydrogens is 202 g/mol. The van der Waals surface area contributed by atoms with Crippen LogP contribution in [0.1, 0.15) is 37.2 Å². The molecule has 1 aliphatic carbocycles. The van der Waals surface area contributed by atoms with Crippen LogP contribution in [0.25, 0.3) is 6.08 Å². The second kappa shape index (κ2) is 5.01. The maximum Gasteiger partial charge on any atom is 0.244 e. The number of amides is 1. The van der Waals surface area contributed by atoms with Crippen molar-refractivity contribution < 1.29 is 9.21 Å². The molecule has 0 bridgehead atoms. The molecule has 0 atom stereocenters. The maximum atomic E-state index is 11.5. The number of furan rings is 1. The molecule has 86 valence electrons. The Balaban J connectivity index is 1.84. The first-order valence-electron chi connectivity index (χ1n) is 5.79. The summed E-state index contributed by atoms with van der Waals surface area (Å²) in [6.07, 6.45) is 7.92. The average Bonchev–Trinajstić information content (AvgIpc) is 2.87. The van der Waals surface area contributed by atoms with Crippen LogP contribution in [0.2, 0.25) is 0 Å². The molecule has 3 heteroatoms. The van der Waals surface area contributed by atoms with Crippen LogP contribution in [-0.4, -0.2) is 11.9 Å². The number of hydrogen-bond acceptors (Lipinski definition) is 2. The first kappa shape index (κ1) is 11.0. The topological polar surface area (TPSA) is 42.2 Å². The Labute approximate surface area is 95.5 Å². The third-order valence-corrected chi connectivity index (χ3v) is 2.86. The van der Waals surface area contributed by atoms with Crippen molar-refractivity contribution in [2.24, 2.45) is 0 Å². The van der Waals surface area contributed by atoms with E-state index in [1.807, 2.05) is 19.1 Å². The van der Waals surface area contributed by atoms with E-state index in [0.29, 0.717) is 6.04 Å². The summed E-state index contributed by atoms with van der Waals surface area (Å²) < 4.78 is 5.34. The SMILES string of the molecule is Cc1ccc(/C=C/C(=O)NC2CCCC2)o1. The molecule has 16 heavy (non-hydrogen) atoms. The zero-order valence-electron chi connectivity index (χ0n) is 9.53. The molecule has 0 spiro atoms. The van der Waals surface area contributed by atoms with Crippen LogP contribution in [0.3, 0.4) is 0 Å². The second-order valence-corrected chi connectivity index (χ2v) is 4.27. The molecule has 0 aromatic carbocycles. The van der Waals surface area contributed by atoms with Crippen molar-refractivity contribution in [2.75, 3.05) is 0 Å². The summed E-state index contributed by atoms with van der Waals surface area (Å²) in [5, 5.41) is 2.99. The minimum absolute atomic E-state index is 0.0269. The lowest BCUT2D eigenvalue weighted by molar-refractivity contribution is -0.117. The van der Waals surface area contributed by atoms with Crippen LogP contribution in [0, 0.1) is 6.92 Å². The molecule has 1 aromatic heterocycles. The van der Waals surface area contributed by atoms with E-state index in [1.54, 1.807) is 6.08 Å². The van der Waals surface area contributed by atoms with Gasteiger partial charge in [-0.3, -0.25) is 4.79 Å². The van der Waals surface area contributed by atoms with E-state index >= 15 is 0 Å². The smallest absolute Gasteiger partial charge is 0.244 e. The molecule has 1 saturated carbocycles. The number of aryl methyl sites for hydroxylation is 1. The molecule has 1 N–H and O–H groups in total. The van der Waals surface area contributed by atoms with Gasteiger partial charge >= 0.3 is 0 Å². The van der Waals surface area contributed by atoms with Crippen LogP contribution >= 0.6 is 0 Å². The summed E-state index contributed by atoms with van der Waals surface area (Å²) in [4.78, 5) is 11.5. The third-order valence-electron chi connectivity index (χ3n) is 2.86. The Morgan fingerprint density at radius 1 is 1.44 bits per heavy atom. The summed E-state index contributed by atoms with van der Waals surface area (Å²) in [6.45, 7) is 1.88. The standard InChI is InChI=1S/C13H17NO2/c1-10-6-7-12(16-10)8-9-13(15)14-11-4-2-3-5-11/h6-9,11H,2-5H2,1H3,(H,14,15)/b9-8+. The molecule has 0 saturated heterocycles. The van der Waals surface area contributed by atoms with Gasteiger partial charge in [0.2, 0.25) is 5.91 Å². The van der Waals surface area contributed by atoms with E-state index < -0.39 is 0 Å². The molecule has 1 aromatic rings. The Kier molecular flexibility index (Phi) is 3.44. The highest BCUT2D eigenvalue weighted by Gasteiger charge is 2.15. The zero-order valence-corrected chi connectivity index (χ0v) is 9.53. The van der Waals surface area contributed by atoms with E-state index in [0.717, 1.165) is 24.4 Å². The number of nitrogens with one attached hydrogen (secondary N) is 1. The van der Waals surface area contributed by atoms with Gasteiger partial charge in [-0.05, 0) is 38.0 Å². The number of carbonyl (C=O) groups excluding carboxylic acids is 1. The fraction of sp³-hybridized carbons (Fsp3) is 0.462. The van der Waals surface area contributed by atoms with E-state index in [1.165, 1.54) is 18.9 Å². The quantitative estimate of drug-likeness (QED) is 0.794. The molecule has 2 rings (SSSR count). The van der Waals surface area contributed by atoms with Crippen molar-refractivity contribution in [3.05, 3.63) is 29.7 Å². The molecule has 3 nitrogen and oxygen atoms in total. The van der Waals surface area contributed by atoms with Gasteiger partial charge in [-0.2, -0.15) is 0 Å². The van der Waals surface area contributed by atoms with E-state index in [4.69, 9.17) is 4.42 Å². The van der Waals surface area contributed by atoms with Gasteiger partial charge in [0.1, 0.15) is 11.5 Å². The van der Waals surface area contributed by atoms with Crippen molar-refractivity contribution in [1.82, 2.24) is 5.32 Å². The van der Waals surface area contributed by atoms with Gasteiger partial charge in [0.25, 0.3) is 0 Å². The lowest BCUT2D eigenvalue weighted by Crippen LogP contribution is -2.30. The van der Waals surface area contributed by atoms with Crippen molar-refractivity contribution in [2.45, 2.75) is 38.6 Å². The second-order valence-electron chi connectivity index (χ2n) is 4.27. The monoisotopic (exact) mass is 219 g/mol. The highest BCUT2D eigenvalue weighted by atomic mass is 16.3. The minimum Gasteiger partial charge on any atom is -0.462 e. The first-order chi connectivity index (χ1) is 7.74. The highest BCUT2D eigenvalue weighted by Crippen LogP contribution is 2.17. The van der Waals surface area contributed by atoms with Crippen LogP contribution in [0.15, 0.2) is 22.6 Å². The lowest BCUT2D eigenvalue weighted by atomic mass is 10.2. The number of carbonyl (C=O) groups is 1. The van der Waals surface area contributed by atoms with Crippen molar-refractivity contribution >= 4 is 12.0 Å². The van der Waals surface area contributed by atoms with Gasteiger partial charge in [-0.15, -0.1) is 0 Å². The fourth-order valence-corrected chi connectivity index (χ4v) is 2.02. The summed E-state index contributed by atoms with van der Waals surface area (Å²) >= 11 is 0. The molecule has 1 heterocycles. The Morgan fingerprint density at radius 3 is 2.81 bits per heavy atom. The molecular formula is C13H17NO2. The number of rotatable bonds is 3. The fourth-order valence-electron chi connectivity index (χ4n) is 2.02. The predicted molar refractivity (Wildman–Crippen MR) is 62.9 cm³/mol. The van der Waals surface area contributed by atoms with E-state index in [9.17, 15) is 4.79 Å². The van der Waals surface area contributed by atoms with Crippen molar-refractivity contribution in [1.29, 1.82) is 0 Å². The Morgan fingerprint density at radius 2 is 2.19 bits per heavy atom. The predicted octanol–water partition coefficient (Wildman–Crippen LogP) is 2.66. The largest absolute Gasteiger partial charge is 0.462 e. The van der Waals surface area contributed by atoms with Crippen LogP contribution in [0.4, 0.5) is 0 Å². The molecule has 1 fully saturated rings. The van der Waals surface area contributed by atoms with Crippen molar-refractivity contribution in [3.63, 3.8) is 0 Å². The van der Waals surface area contributed by atoms with Gasteiger partial charge in [-0.1, -0.05) is 12.8 Å². The maximum absolute atomic E-state index is 11.5. The van der Waals surface area contributed by atoms with Crippen molar-refractivity contribution in [3.8, 4) is 0 Å². The van der Waals surface area contributed by atoms with Gasteiger partial charge < -0.3 is 9.73 Å². The van der Waals surface area contributed by atoms with Gasteiger partial charge in [0.15, 0.2) is 0 Å². The zero-order chi connectivity index (χ0) is 11.4. The van der Waals surface area contributed by atoms with Crippen LogP contribution in [0.5, 0.6) is 0 Å². The normalized spacial score (nSPS) is 17.1. The summed E-state index contributed by atoms with van der Waals surface area (Å²) in [5.41, 5.74) is 0. The number of hydrogen-bond donors (Lipinski definition) is 1. The molecule has 0 aliphatic heterocycles. The van der Waals surface area contributed by atoms with Gasteiger partial charge in [0, 0.05) is 12.1 Å². The first-order valence-corrected chi connectivity index (χ1v) is 5.79.